The summed E-state index contributed by atoms with van der Waals surface area (Å²) in [6.45, 7) is 4.06. The van der Waals surface area contributed by atoms with Gasteiger partial charge in [-0.3, -0.25) is 9.59 Å². The Bertz CT molecular complexity index is 255. The van der Waals surface area contributed by atoms with Crippen LogP contribution in [0.4, 0.5) is 0 Å². The summed E-state index contributed by atoms with van der Waals surface area (Å²) in [6.07, 6.45) is 4.71. The van der Waals surface area contributed by atoms with Crippen molar-refractivity contribution >= 4 is 11.8 Å². The zero-order valence-corrected chi connectivity index (χ0v) is 8.66. The van der Waals surface area contributed by atoms with E-state index in [1.807, 2.05) is 13.0 Å². The van der Waals surface area contributed by atoms with Crippen molar-refractivity contribution in [2.45, 2.75) is 26.7 Å². The zero-order valence-electron chi connectivity index (χ0n) is 8.66. The summed E-state index contributed by atoms with van der Waals surface area (Å²) < 4.78 is 4.93. The molecule has 0 aliphatic heterocycles. The van der Waals surface area contributed by atoms with E-state index in [4.69, 9.17) is 4.74 Å². The van der Waals surface area contributed by atoms with Crippen LogP contribution in [0.25, 0.3) is 0 Å². The summed E-state index contributed by atoms with van der Waals surface area (Å²) in [5, 5.41) is 0. The highest BCUT2D eigenvalue weighted by Crippen LogP contribution is 2.24. The van der Waals surface area contributed by atoms with E-state index in [2.05, 4.69) is 0 Å². The van der Waals surface area contributed by atoms with Crippen LogP contribution >= 0.6 is 0 Å². The van der Waals surface area contributed by atoms with Crippen molar-refractivity contribution in [1.29, 1.82) is 0 Å². The Morgan fingerprint density at radius 3 is 2.93 bits per heavy atom. The van der Waals surface area contributed by atoms with Gasteiger partial charge < -0.3 is 4.74 Å². The molecule has 3 heteroatoms. The monoisotopic (exact) mass is 196 g/mol. The highest BCUT2D eigenvalue weighted by atomic mass is 16.5. The first-order valence-electron chi connectivity index (χ1n) is 5.02. The lowest BCUT2D eigenvalue weighted by Crippen LogP contribution is -2.24. The minimum Gasteiger partial charge on any atom is -0.466 e. The van der Waals surface area contributed by atoms with Gasteiger partial charge in [0.15, 0.2) is 5.78 Å². The molecule has 2 atom stereocenters. The van der Waals surface area contributed by atoms with Gasteiger partial charge >= 0.3 is 5.97 Å². The molecule has 1 aliphatic carbocycles. The molecule has 0 fully saturated rings. The topological polar surface area (TPSA) is 43.4 Å². The second kappa shape index (κ2) is 4.94. The number of esters is 1. The van der Waals surface area contributed by atoms with Crippen LogP contribution < -0.4 is 0 Å². The van der Waals surface area contributed by atoms with Crippen LogP contribution in [-0.2, 0) is 14.3 Å². The average Bonchev–Trinajstić information content (AvgIpc) is 2.18. The van der Waals surface area contributed by atoms with Gasteiger partial charge in [0.1, 0.15) is 0 Å². The van der Waals surface area contributed by atoms with Crippen LogP contribution in [0.2, 0.25) is 0 Å². The first kappa shape index (κ1) is 11.0. The van der Waals surface area contributed by atoms with E-state index < -0.39 is 0 Å². The van der Waals surface area contributed by atoms with Gasteiger partial charge in [0.2, 0.25) is 0 Å². The fourth-order valence-electron chi connectivity index (χ4n) is 1.58. The van der Waals surface area contributed by atoms with Gasteiger partial charge in [-0.05, 0) is 25.3 Å². The minimum atomic E-state index is -0.170. The molecule has 3 nitrogen and oxygen atoms in total. The van der Waals surface area contributed by atoms with Crippen molar-refractivity contribution in [2.75, 3.05) is 6.61 Å². The molecule has 0 saturated carbocycles. The Kier molecular flexibility index (Phi) is 3.86. The Hall–Kier alpha value is -1.12. The largest absolute Gasteiger partial charge is 0.466 e. The van der Waals surface area contributed by atoms with Crippen LogP contribution in [0.3, 0.4) is 0 Å². The molecule has 14 heavy (non-hydrogen) atoms. The van der Waals surface area contributed by atoms with E-state index in [0.717, 1.165) is 6.42 Å². The third kappa shape index (κ3) is 2.69. The summed E-state index contributed by atoms with van der Waals surface area (Å²) in [7, 11) is 0. The lowest BCUT2D eigenvalue weighted by Gasteiger charge is -2.21. The third-order valence-electron chi connectivity index (χ3n) is 2.55. The average molecular weight is 196 g/mol. The molecule has 0 aromatic heterocycles. The predicted molar refractivity (Wildman–Crippen MR) is 52.7 cm³/mol. The molecule has 0 amide bonds. The van der Waals surface area contributed by atoms with Gasteiger partial charge in [0.25, 0.3) is 0 Å². The molecular formula is C11H16O3. The van der Waals surface area contributed by atoms with Crippen molar-refractivity contribution in [1.82, 2.24) is 0 Å². The Labute approximate surface area is 84.1 Å². The summed E-state index contributed by atoms with van der Waals surface area (Å²) in [5.41, 5.74) is 0. The van der Waals surface area contributed by atoms with Gasteiger partial charge in [0.05, 0.1) is 12.5 Å². The number of hydrogen-bond donors (Lipinski definition) is 0. The molecule has 0 saturated heterocycles. The lowest BCUT2D eigenvalue weighted by atomic mass is 9.85. The molecule has 0 bridgehead atoms. The molecule has 0 aromatic carbocycles. The summed E-state index contributed by atoms with van der Waals surface area (Å²) in [6, 6.07) is 0. The van der Waals surface area contributed by atoms with E-state index in [0.29, 0.717) is 13.0 Å². The third-order valence-corrected chi connectivity index (χ3v) is 2.55. The fraction of sp³-hybridized carbons (Fsp3) is 0.636. The number of carbonyl (C=O) groups is 2. The standard InChI is InChI=1S/C11H16O3/c1-3-14-11(13)8(2)9-4-6-10(12)7-5-9/h4,6,8-9H,3,5,7H2,1-2H3/t8-,9-/m0/s1. The molecule has 0 heterocycles. The number of ether oxygens (including phenoxy) is 1. The minimum absolute atomic E-state index is 0.140. The number of rotatable bonds is 3. The zero-order chi connectivity index (χ0) is 10.6. The van der Waals surface area contributed by atoms with Crippen molar-refractivity contribution in [3.8, 4) is 0 Å². The van der Waals surface area contributed by atoms with E-state index in [9.17, 15) is 9.59 Å². The van der Waals surface area contributed by atoms with Gasteiger partial charge in [-0.15, -0.1) is 0 Å². The number of hydrogen-bond acceptors (Lipinski definition) is 3. The molecular weight excluding hydrogens is 180 g/mol. The molecule has 0 unspecified atom stereocenters. The number of carbonyl (C=O) groups excluding carboxylic acids is 2. The van der Waals surface area contributed by atoms with Crippen LogP contribution in [0.5, 0.6) is 0 Å². The Balaban J connectivity index is 2.52. The second-order valence-electron chi connectivity index (χ2n) is 3.57. The summed E-state index contributed by atoms with van der Waals surface area (Å²) in [5.74, 6) is -0.000132. The Morgan fingerprint density at radius 2 is 2.43 bits per heavy atom. The maximum absolute atomic E-state index is 11.4. The van der Waals surface area contributed by atoms with Crippen molar-refractivity contribution in [3.63, 3.8) is 0 Å². The number of ketones is 1. The molecule has 0 spiro atoms. The molecule has 78 valence electrons. The van der Waals surface area contributed by atoms with Crippen LogP contribution in [0.1, 0.15) is 26.7 Å². The lowest BCUT2D eigenvalue weighted by molar-refractivity contribution is -0.149. The fourth-order valence-corrected chi connectivity index (χ4v) is 1.58. The molecule has 1 rings (SSSR count). The maximum atomic E-state index is 11.4. The predicted octanol–water partition coefficient (Wildman–Crippen LogP) is 1.72. The highest BCUT2D eigenvalue weighted by molar-refractivity contribution is 5.90. The number of allylic oxidation sites excluding steroid dienone is 2. The van der Waals surface area contributed by atoms with Crippen molar-refractivity contribution in [3.05, 3.63) is 12.2 Å². The molecule has 0 N–H and O–H groups in total. The quantitative estimate of drug-likeness (QED) is 0.645. The van der Waals surface area contributed by atoms with E-state index in [1.54, 1.807) is 13.0 Å². The highest BCUT2D eigenvalue weighted by Gasteiger charge is 2.25. The van der Waals surface area contributed by atoms with E-state index in [1.165, 1.54) is 0 Å². The molecule has 0 radical (unpaired) electrons. The van der Waals surface area contributed by atoms with Crippen LogP contribution in [-0.4, -0.2) is 18.4 Å². The second-order valence-corrected chi connectivity index (χ2v) is 3.57. The van der Waals surface area contributed by atoms with Crippen LogP contribution in [0, 0.1) is 11.8 Å². The molecule has 0 aromatic rings. The summed E-state index contributed by atoms with van der Waals surface area (Å²) in [4.78, 5) is 22.3. The SMILES string of the molecule is CCOC(=O)[C@@H](C)[C@H]1C=CC(=O)CC1. The van der Waals surface area contributed by atoms with Crippen molar-refractivity contribution < 1.29 is 14.3 Å². The molecule has 1 aliphatic rings. The maximum Gasteiger partial charge on any atom is 0.309 e. The normalized spacial score (nSPS) is 23.3. The van der Waals surface area contributed by atoms with Crippen molar-refractivity contribution in [2.24, 2.45) is 11.8 Å². The van der Waals surface area contributed by atoms with Gasteiger partial charge in [-0.2, -0.15) is 0 Å². The Morgan fingerprint density at radius 1 is 1.71 bits per heavy atom. The summed E-state index contributed by atoms with van der Waals surface area (Å²) >= 11 is 0. The smallest absolute Gasteiger partial charge is 0.309 e. The first-order valence-corrected chi connectivity index (χ1v) is 5.02. The van der Waals surface area contributed by atoms with E-state index >= 15 is 0 Å². The van der Waals surface area contributed by atoms with Crippen LogP contribution in [0.15, 0.2) is 12.2 Å². The van der Waals surface area contributed by atoms with Gasteiger partial charge in [-0.1, -0.05) is 13.0 Å². The van der Waals surface area contributed by atoms with Gasteiger partial charge in [-0.25, -0.2) is 0 Å². The first-order chi connectivity index (χ1) is 6.65. The van der Waals surface area contributed by atoms with E-state index in [-0.39, 0.29) is 23.6 Å². The van der Waals surface area contributed by atoms with Gasteiger partial charge in [0, 0.05) is 6.42 Å².